The van der Waals surface area contributed by atoms with Gasteiger partial charge in [0.25, 0.3) is 0 Å². The van der Waals surface area contributed by atoms with Crippen LogP contribution in [0, 0.1) is 0 Å². The van der Waals surface area contributed by atoms with Crippen molar-refractivity contribution in [3.05, 3.63) is 193 Å². The van der Waals surface area contributed by atoms with E-state index in [1.54, 1.807) is 0 Å². The van der Waals surface area contributed by atoms with Crippen molar-refractivity contribution in [2.75, 3.05) is 4.90 Å². The van der Waals surface area contributed by atoms with Crippen LogP contribution in [-0.2, 0) is 5.41 Å². The maximum atomic E-state index is 2.47. The molecule has 0 saturated heterocycles. The van der Waals surface area contributed by atoms with E-state index in [0.717, 1.165) is 17.1 Å². The molecule has 0 unspecified atom stereocenters. The number of hydrogen-bond donors (Lipinski definition) is 0. The molecule has 11 rings (SSSR count). The third-order valence-electron chi connectivity index (χ3n) is 11.7. The van der Waals surface area contributed by atoms with E-state index < -0.39 is 0 Å². The summed E-state index contributed by atoms with van der Waals surface area (Å²) in [6, 6.07) is 67.1. The van der Waals surface area contributed by atoms with E-state index in [0.29, 0.717) is 0 Å². The van der Waals surface area contributed by atoms with Gasteiger partial charge in [0.15, 0.2) is 0 Å². The monoisotopic (exact) mass is 676 g/mol. The Morgan fingerprint density at radius 3 is 1.81 bits per heavy atom. The molecule has 0 atom stereocenters. The Bertz CT molecular complexity index is 3020. The van der Waals surface area contributed by atoms with Crippen molar-refractivity contribution in [1.82, 2.24) is 4.40 Å². The molecule has 2 nitrogen and oxygen atoms in total. The van der Waals surface area contributed by atoms with E-state index in [1.807, 2.05) is 0 Å². The number of rotatable bonds is 5. The standard InChI is InChI=1S/C51H36N2/c1-51(2)46-20-8-6-16-40(46)41-29-27-39(32-47(41)51)52(37-25-22-34(23-26-37)33-12-4-3-5-13-33)38-15-10-14-35(30-38)36-24-28-43-45-19-11-18-44-42-17-7-9-21-48(42)53(50(44)45)49(43)31-36/h3-32H,1-2H3. The van der Waals surface area contributed by atoms with Gasteiger partial charge in [-0.2, -0.15) is 0 Å². The molecule has 8 aromatic carbocycles. The fourth-order valence-corrected chi connectivity index (χ4v) is 9.15. The first-order valence-electron chi connectivity index (χ1n) is 18.5. The Morgan fingerprint density at radius 1 is 0.377 bits per heavy atom. The van der Waals surface area contributed by atoms with E-state index in [2.05, 4.69) is 205 Å². The van der Waals surface area contributed by atoms with E-state index >= 15 is 0 Å². The predicted octanol–water partition coefficient (Wildman–Crippen LogP) is 13.9. The van der Waals surface area contributed by atoms with Crippen molar-refractivity contribution >= 4 is 55.2 Å². The van der Waals surface area contributed by atoms with E-state index in [4.69, 9.17) is 0 Å². The van der Waals surface area contributed by atoms with Crippen LogP contribution in [0.2, 0.25) is 0 Å². The highest BCUT2D eigenvalue weighted by Gasteiger charge is 2.35. The first-order chi connectivity index (χ1) is 26.0. The molecule has 2 heteroatoms. The lowest BCUT2D eigenvalue weighted by Gasteiger charge is -2.28. The lowest BCUT2D eigenvalue weighted by molar-refractivity contribution is 0.660. The zero-order chi connectivity index (χ0) is 35.3. The fraction of sp³-hybridized carbons (Fsp3) is 0.0588. The summed E-state index contributed by atoms with van der Waals surface area (Å²) in [6.45, 7) is 4.71. The quantitative estimate of drug-likeness (QED) is 0.176. The van der Waals surface area contributed by atoms with E-state index in [-0.39, 0.29) is 5.41 Å². The van der Waals surface area contributed by atoms with Crippen LogP contribution in [0.15, 0.2) is 182 Å². The van der Waals surface area contributed by atoms with Gasteiger partial charge in [0.1, 0.15) is 0 Å². The van der Waals surface area contributed by atoms with Crippen molar-refractivity contribution in [2.45, 2.75) is 19.3 Å². The number of benzene rings is 8. The summed E-state index contributed by atoms with van der Waals surface area (Å²) in [7, 11) is 0. The molecule has 53 heavy (non-hydrogen) atoms. The van der Waals surface area contributed by atoms with Gasteiger partial charge in [-0.25, -0.2) is 0 Å². The third kappa shape index (κ3) is 4.39. The van der Waals surface area contributed by atoms with Gasteiger partial charge in [0.05, 0.1) is 16.6 Å². The van der Waals surface area contributed by atoms with Gasteiger partial charge in [-0.05, 0) is 93.0 Å². The number of aromatic nitrogens is 1. The molecule has 0 bridgehead atoms. The lowest BCUT2D eigenvalue weighted by Crippen LogP contribution is -2.16. The molecule has 250 valence electrons. The maximum absolute atomic E-state index is 2.47. The van der Waals surface area contributed by atoms with Gasteiger partial charge in [-0.15, -0.1) is 0 Å². The summed E-state index contributed by atoms with van der Waals surface area (Å²) < 4.78 is 2.47. The summed E-state index contributed by atoms with van der Waals surface area (Å²) in [5, 5.41) is 5.21. The second-order valence-electron chi connectivity index (χ2n) is 15.0. The van der Waals surface area contributed by atoms with Gasteiger partial charge >= 0.3 is 0 Å². The number of anilines is 3. The largest absolute Gasteiger partial charge is 0.310 e. The van der Waals surface area contributed by atoms with E-state index in [9.17, 15) is 0 Å². The van der Waals surface area contributed by atoms with Crippen LogP contribution in [0.1, 0.15) is 25.0 Å². The molecule has 0 amide bonds. The minimum absolute atomic E-state index is 0.0946. The highest BCUT2D eigenvalue weighted by molar-refractivity contribution is 6.23. The van der Waals surface area contributed by atoms with Crippen molar-refractivity contribution in [2.24, 2.45) is 0 Å². The Hall–Kier alpha value is -6.64. The second kappa shape index (κ2) is 11.2. The van der Waals surface area contributed by atoms with Gasteiger partial charge in [0, 0.05) is 44.0 Å². The molecule has 2 aromatic heterocycles. The van der Waals surface area contributed by atoms with Crippen LogP contribution in [0.4, 0.5) is 17.1 Å². The van der Waals surface area contributed by atoms with Crippen LogP contribution >= 0.6 is 0 Å². The van der Waals surface area contributed by atoms with Gasteiger partial charge in [0.2, 0.25) is 0 Å². The highest BCUT2D eigenvalue weighted by atomic mass is 15.1. The molecule has 10 aromatic rings. The topological polar surface area (TPSA) is 7.65 Å². The second-order valence-corrected chi connectivity index (χ2v) is 15.0. The Morgan fingerprint density at radius 2 is 0.962 bits per heavy atom. The molecular weight excluding hydrogens is 641 g/mol. The van der Waals surface area contributed by atoms with Crippen molar-refractivity contribution < 1.29 is 0 Å². The summed E-state index contributed by atoms with van der Waals surface area (Å²) in [6.07, 6.45) is 0. The summed E-state index contributed by atoms with van der Waals surface area (Å²) >= 11 is 0. The Balaban J connectivity index is 1.08. The van der Waals surface area contributed by atoms with Crippen molar-refractivity contribution in [3.8, 4) is 33.4 Å². The number of fused-ring (bicyclic) bond motifs is 9. The zero-order valence-electron chi connectivity index (χ0n) is 29.7. The maximum Gasteiger partial charge on any atom is 0.0620 e. The van der Waals surface area contributed by atoms with Gasteiger partial charge in [-0.3, -0.25) is 0 Å². The summed E-state index contributed by atoms with van der Waals surface area (Å²) in [4.78, 5) is 2.42. The Labute approximate surface area is 309 Å². The average Bonchev–Trinajstić information content (AvgIpc) is 3.81. The van der Waals surface area contributed by atoms with Gasteiger partial charge < -0.3 is 9.30 Å². The fourth-order valence-electron chi connectivity index (χ4n) is 9.15. The number of nitrogens with zero attached hydrogens (tertiary/aromatic N) is 2. The smallest absolute Gasteiger partial charge is 0.0620 e. The van der Waals surface area contributed by atoms with E-state index in [1.165, 1.54) is 82.6 Å². The van der Waals surface area contributed by atoms with Crippen LogP contribution in [0.25, 0.3) is 71.5 Å². The minimum atomic E-state index is -0.0946. The van der Waals surface area contributed by atoms with Crippen molar-refractivity contribution in [3.63, 3.8) is 0 Å². The molecule has 0 N–H and O–H groups in total. The van der Waals surface area contributed by atoms with Crippen LogP contribution in [0.3, 0.4) is 0 Å². The molecule has 0 radical (unpaired) electrons. The van der Waals surface area contributed by atoms with Crippen molar-refractivity contribution in [1.29, 1.82) is 0 Å². The minimum Gasteiger partial charge on any atom is -0.310 e. The first kappa shape index (κ1) is 30.0. The molecular formula is C51H36N2. The highest BCUT2D eigenvalue weighted by Crippen LogP contribution is 2.51. The van der Waals surface area contributed by atoms with Gasteiger partial charge in [-0.1, -0.05) is 147 Å². The molecule has 0 spiro atoms. The zero-order valence-corrected chi connectivity index (χ0v) is 29.7. The number of hydrogen-bond acceptors (Lipinski definition) is 1. The van der Waals surface area contributed by atoms with Crippen LogP contribution < -0.4 is 4.90 Å². The number of para-hydroxylation sites is 2. The van der Waals surface area contributed by atoms with Crippen LogP contribution in [0.5, 0.6) is 0 Å². The first-order valence-corrected chi connectivity index (χ1v) is 18.5. The lowest BCUT2D eigenvalue weighted by atomic mass is 9.82. The predicted molar refractivity (Wildman–Crippen MR) is 224 cm³/mol. The molecule has 0 aliphatic heterocycles. The average molecular weight is 677 g/mol. The summed E-state index contributed by atoms with van der Waals surface area (Å²) in [5.74, 6) is 0. The normalized spacial score (nSPS) is 13.2. The molecule has 1 aliphatic rings. The molecule has 0 saturated carbocycles. The Kier molecular flexibility index (Phi) is 6.33. The molecule has 0 fully saturated rings. The SMILES string of the molecule is CC1(C)c2ccccc2-c2ccc(N(c3ccc(-c4ccccc4)cc3)c3cccc(-c4ccc5c6cccc7c8ccccc8n(c5c4)c76)c3)cc21. The summed E-state index contributed by atoms with van der Waals surface area (Å²) in [5.41, 5.74) is 17.4. The third-order valence-corrected chi connectivity index (χ3v) is 11.7. The molecule has 1 aliphatic carbocycles. The van der Waals surface area contributed by atoms with Crippen LogP contribution in [-0.4, -0.2) is 4.40 Å². The molecule has 2 heterocycles.